The average molecular weight is 398 g/mol. The van der Waals surface area contributed by atoms with Crippen LogP contribution in [0.2, 0.25) is 0 Å². The Balaban J connectivity index is 1.90. The number of nitrogen functional groups attached to an aromatic ring is 1. The first-order valence-electron chi connectivity index (χ1n) is 10.1. The molecule has 2 unspecified atom stereocenters. The first-order valence-corrected chi connectivity index (χ1v) is 10.1. The van der Waals surface area contributed by atoms with E-state index < -0.39 is 0 Å². The lowest BCUT2D eigenvalue weighted by molar-refractivity contribution is 0.102. The third kappa shape index (κ3) is 4.26. The number of benzene rings is 2. The molecular formula is C23H31N3O3. The van der Waals surface area contributed by atoms with Crippen molar-refractivity contribution >= 4 is 23.0 Å². The molecule has 0 bridgehead atoms. The minimum absolute atomic E-state index is 0.243. The van der Waals surface area contributed by atoms with Gasteiger partial charge in [0.2, 0.25) is 0 Å². The van der Waals surface area contributed by atoms with Crippen molar-refractivity contribution in [3.8, 4) is 11.5 Å². The molecule has 0 radical (unpaired) electrons. The van der Waals surface area contributed by atoms with Crippen molar-refractivity contribution < 1.29 is 14.3 Å². The Morgan fingerprint density at radius 3 is 2.34 bits per heavy atom. The first kappa shape index (κ1) is 20.8. The van der Waals surface area contributed by atoms with Crippen LogP contribution < -0.4 is 25.4 Å². The fraction of sp³-hybridized carbons (Fsp3) is 0.435. The molecule has 2 aromatic rings. The van der Waals surface area contributed by atoms with Gasteiger partial charge < -0.3 is 25.4 Å². The quantitative estimate of drug-likeness (QED) is 0.720. The molecule has 156 valence electrons. The van der Waals surface area contributed by atoms with Crippen LogP contribution in [0.25, 0.3) is 0 Å². The van der Waals surface area contributed by atoms with E-state index in [9.17, 15) is 4.79 Å². The summed E-state index contributed by atoms with van der Waals surface area (Å²) in [5.74, 6) is 0.843. The van der Waals surface area contributed by atoms with Crippen LogP contribution in [0.1, 0.15) is 49.0 Å². The first-order chi connectivity index (χ1) is 13.8. The van der Waals surface area contributed by atoms with Crippen LogP contribution >= 0.6 is 0 Å². The third-order valence-corrected chi connectivity index (χ3v) is 5.73. The number of amides is 1. The molecule has 0 spiro atoms. The van der Waals surface area contributed by atoms with E-state index >= 15 is 0 Å². The van der Waals surface area contributed by atoms with Crippen LogP contribution in [0.3, 0.4) is 0 Å². The van der Waals surface area contributed by atoms with Crippen molar-refractivity contribution in [2.45, 2.75) is 52.1 Å². The second-order valence-electron chi connectivity index (χ2n) is 7.79. The molecule has 1 aliphatic rings. The average Bonchev–Trinajstić information content (AvgIpc) is 2.70. The molecule has 0 aliphatic carbocycles. The van der Waals surface area contributed by atoms with Gasteiger partial charge in [0.25, 0.3) is 5.91 Å². The summed E-state index contributed by atoms with van der Waals surface area (Å²) in [5, 5.41) is 2.96. The van der Waals surface area contributed by atoms with E-state index in [1.54, 1.807) is 32.4 Å². The second-order valence-corrected chi connectivity index (χ2v) is 7.79. The summed E-state index contributed by atoms with van der Waals surface area (Å²) in [6.07, 6.45) is 3.58. The van der Waals surface area contributed by atoms with Gasteiger partial charge in [0.15, 0.2) is 11.5 Å². The van der Waals surface area contributed by atoms with Gasteiger partial charge in [-0.05, 0) is 75.9 Å². The van der Waals surface area contributed by atoms with Crippen molar-refractivity contribution in [1.29, 1.82) is 0 Å². The summed E-state index contributed by atoms with van der Waals surface area (Å²) in [7, 11) is 3.11. The number of nitrogens with two attached hydrogens (primary N) is 1. The van der Waals surface area contributed by atoms with Crippen molar-refractivity contribution in [3.05, 3.63) is 41.5 Å². The van der Waals surface area contributed by atoms with E-state index in [0.29, 0.717) is 40.5 Å². The van der Waals surface area contributed by atoms with Gasteiger partial charge in [-0.2, -0.15) is 0 Å². The van der Waals surface area contributed by atoms with Gasteiger partial charge in [0.05, 0.1) is 25.6 Å². The SMILES string of the molecule is COc1ccc(C(=O)Nc2cc(N3C(C)CCCC3C)c(C)cc2N)cc1OC. The van der Waals surface area contributed by atoms with Crippen LogP contribution in [0.4, 0.5) is 17.1 Å². The van der Waals surface area contributed by atoms with Crippen molar-refractivity contribution in [1.82, 2.24) is 0 Å². The fourth-order valence-corrected chi connectivity index (χ4v) is 4.17. The van der Waals surface area contributed by atoms with E-state index in [2.05, 4.69) is 31.0 Å². The molecule has 1 heterocycles. The normalized spacial score (nSPS) is 19.0. The number of nitrogens with zero attached hydrogens (tertiary/aromatic N) is 1. The zero-order chi connectivity index (χ0) is 21.1. The number of hydrogen-bond acceptors (Lipinski definition) is 5. The Morgan fingerprint density at radius 2 is 1.72 bits per heavy atom. The molecule has 6 nitrogen and oxygen atoms in total. The Bertz CT molecular complexity index is 887. The molecule has 1 amide bonds. The fourth-order valence-electron chi connectivity index (χ4n) is 4.17. The summed E-state index contributed by atoms with van der Waals surface area (Å²) in [5.41, 5.74) is 10.1. The minimum atomic E-state index is -0.243. The van der Waals surface area contributed by atoms with Crippen LogP contribution in [0.5, 0.6) is 11.5 Å². The number of methoxy groups -OCH3 is 2. The highest BCUT2D eigenvalue weighted by molar-refractivity contribution is 6.06. The Labute approximate surface area is 173 Å². The number of nitrogens with one attached hydrogen (secondary N) is 1. The monoisotopic (exact) mass is 397 g/mol. The summed E-state index contributed by atoms with van der Waals surface area (Å²) >= 11 is 0. The highest BCUT2D eigenvalue weighted by Crippen LogP contribution is 2.36. The Morgan fingerprint density at radius 1 is 1.07 bits per heavy atom. The van der Waals surface area contributed by atoms with Crippen molar-refractivity contribution in [2.75, 3.05) is 30.2 Å². The molecule has 0 saturated carbocycles. The molecule has 0 aromatic heterocycles. The highest BCUT2D eigenvalue weighted by atomic mass is 16.5. The molecule has 2 atom stereocenters. The molecule has 29 heavy (non-hydrogen) atoms. The number of anilines is 3. The number of carbonyl (C=O) groups is 1. The standard InChI is InChI=1S/C23H31N3O3/c1-14-11-18(24)19(13-20(14)26-15(2)7-6-8-16(26)3)25-23(27)17-9-10-21(28-4)22(12-17)29-5/h9-13,15-16H,6-8,24H2,1-5H3,(H,25,27). The van der Waals surface area contributed by atoms with Crippen molar-refractivity contribution in [3.63, 3.8) is 0 Å². The maximum Gasteiger partial charge on any atom is 0.255 e. The lowest BCUT2D eigenvalue weighted by Crippen LogP contribution is -2.44. The molecule has 6 heteroatoms. The molecule has 1 aliphatic heterocycles. The van der Waals surface area contributed by atoms with Gasteiger partial charge in [-0.1, -0.05) is 0 Å². The van der Waals surface area contributed by atoms with Gasteiger partial charge in [-0.15, -0.1) is 0 Å². The highest BCUT2D eigenvalue weighted by Gasteiger charge is 2.26. The zero-order valence-corrected chi connectivity index (χ0v) is 17.9. The Kier molecular flexibility index (Phi) is 6.20. The second kappa shape index (κ2) is 8.64. The number of aryl methyl sites for hydroxylation is 1. The van der Waals surface area contributed by atoms with Crippen LogP contribution in [-0.2, 0) is 0 Å². The number of hydrogen-bond donors (Lipinski definition) is 2. The molecule has 1 saturated heterocycles. The summed E-state index contributed by atoms with van der Waals surface area (Å²) in [4.78, 5) is 15.3. The molecule has 1 fully saturated rings. The largest absolute Gasteiger partial charge is 0.493 e. The van der Waals surface area contributed by atoms with E-state index in [1.165, 1.54) is 19.3 Å². The minimum Gasteiger partial charge on any atom is -0.493 e. The Hall–Kier alpha value is -2.89. The summed E-state index contributed by atoms with van der Waals surface area (Å²) < 4.78 is 10.5. The van der Waals surface area contributed by atoms with Gasteiger partial charge >= 0.3 is 0 Å². The molecule has 2 aromatic carbocycles. The lowest BCUT2D eigenvalue weighted by atomic mass is 9.95. The van der Waals surface area contributed by atoms with Crippen LogP contribution in [-0.4, -0.2) is 32.2 Å². The molecule has 3 N–H and O–H groups in total. The number of carbonyl (C=O) groups excluding carboxylic acids is 1. The predicted molar refractivity (Wildman–Crippen MR) is 118 cm³/mol. The summed E-state index contributed by atoms with van der Waals surface area (Å²) in [6.45, 7) is 6.58. The van der Waals surface area contributed by atoms with Gasteiger partial charge in [0, 0.05) is 23.3 Å². The maximum atomic E-state index is 12.9. The van der Waals surface area contributed by atoms with Crippen LogP contribution in [0.15, 0.2) is 30.3 Å². The predicted octanol–water partition coefficient (Wildman–Crippen LogP) is 4.61. The van der Waals surface area contributed by atoms with E-state index in [-0.39, 0.29) is 5.91 Å². The lowest BCUT2D eigenvalue weighted by Gasteiger charge is -2.42. The van der Waals surface area contributed by atoms with E-state index in [4.69, 9.17) is 15.2 Å². The van der Waals surface area contributed by atoms with Crippen LogP contribution in [0, 0.1) is 6.92 Å². The molecule has 3 rings (SSSR count). The number of rotatable bonds is 5. The smallest absolute Gasteiger partial charge is 0.255 e. The van der Waals surface area contributed by atoms with E-state index in [1.807, 2.05) is 12.1 Å². The van der Waals surface area contributed by atoms with Gasteiger partial charge in [-0.3, -0.25) is 4.79 Å². The summed E-state index contributed by atoms with van der Waals surface area (Å²) in [6, 6.07) is 9.93. The van der Waals surface area contributed by atoms with Gasteiger partial charge in [0.1, 0.15) is 0 Å². The topological polar surface area (TPSA) is 76.8 Å². The van der Waals surface area contributed by atoms with Gasteiger partial charge in [-0.25, -0.2) is 0 Å². The number of ether oxygens (including phenoxy) is 2. The number of piperidine rings is 1. The van der Waals surface area contributed by atoms with E-state index in [0.717, 1.165) is 11.3 Å². The van der Waals surface area contributed by atoms with Crippen molar-refractivity contribution in [2.24, 2.45) is 0 Å². The third-order valence-electron chi connectivity index (χ3n) is 5.73. The molecular weight excluding hydrogens is 366 g/mol. The maximum absolute atomic E-state index is 12.9. The zero-order valence-electron chi connectivity index (χ0n) is 17.9.